The predicted molar refractivity (Wildman–Crippen MR) is 81.9 cm³/mol. The molecule has 21 heavy (non-hydrogen) atoms. The van der Waals surface area contributed by atoms with Crippen LogP contribution in [0.5, 0.6) is 0 Å². The lowest BCUT2D eigenvalue weighted by atomic mass is 10.1. The van der Waals surface area contributed by atoms with Gasteiger partial charge in [0, 0.05) is 11.8 Å². The number of hydrogen-bond donors (Lipinski definition) is 2. The lowest BCUT2D eigenvalue weighted by molar-refractivity contribution is -0.136. The summed E-state index contributed by atoms with van der Waals surface area (Å²) in [6, 6.07) is 16.3. The van der Waals surface area contributed by atoms with Crippen molar-refractivity contribution in [3.05, 3.63) is 71.8 Å². The Labute approximate surface area is 122 Å². The molecule has 0 saturated carbocycles. The van der Waals surface area contributed by atoms with Gasteiger partial charge in [-0.15, -0.1) is 0 Å². The summed E-state index contributed by atoms with van der Waals surface area (Å²) < 4.78 is 0. The highest BCUT2D eigenvalue weighted by molar-refractivity contribution is 6.01. The third kappa shape index (κ3) is 4.95. The molecule has 0 fully saturated rings. The Morgan fingerprint density at radius 3 is 2.29 bits per heavy atom. The highest BCUT2D eigenvalue weighted by Crippen LogP contribution is 2.10. The third-order valence-electron chi connectivity index (χ3n) is 2.80. The minimum atomic E-state index is -0.877. The first-order valence-corrected chi connectivity index (χ1v) is 6.48. The fraction of sp³-hybridized carbons (Fsp3) is 0.0588. The zero-order valence-electron chi connectivity index (χ0n) is 11.3. The van der Waals surface area contributed by atoms with Crippen LogP contribution in [0.3, 0.4) is 0 Å². The Morgan fingerprint density at radius 2 is 1.67 bits per heavy atom. The number of benzene rings is 2. The van der Waals surface area contributed by atoms with E-state index >= 15 is 0 Å². The number of rotatable bonds is 5. The molecule has 1 amide bonds. The van der Waals surface area contributed by atoms with Gasteiger partial charge in [-0.1, -0.05) is 42.5 Å². The van der Waals surface area contributed by atoms with Gasteiger partial charge in [0.1, 0.15) is 0 Å². The molecule has 2 rings (SSSR count). The topological polar surface area (TPSA) is 66.4 Å². The number of carbonyl (C=O) groups is 2. The molecule has 0 aliphatic carbocycles. The van der Waals surface area contributed by atoms with Crippen LogP contribution in [-0.4, -0.2) is 17.0 Å². The summed E-state index contributed by atoms with van der Waals surface area (Å²) in [7, 11) is 0. The van der Waals surface area contributed by atoms with Crippen LogP contribution < -0.4 is 5.32 Å². The van der Waals surface area contributed by atoms with E-state index in [1.54, 1.807) is 30.3 Å². The van der Waals surface area contributed by atoms with Crippen LogP contribution in [0.15, 0.2) is 60.7 Å². The van der Waals surface area contributed by atoms with Crippen molar-refractivity contribution >= 4 is 23.6 Å². The van der Waals surface area contributed by atoms with Crippen molar-refractivity contribution in [2.75, 3.05) is 5.32 Å². The number of amides is 1. The first kappa shape index (κ1) is 14.5. The molecule has 0 aliphatic rings. The van der Waals surface area contributed by atoms with Gasteiger partial charge in [0.25, 0.3) is 0 Å². The van der Waals surface area contributed by atoms with Crippen molar-refractivity contribution in [2.24, 2.45) is 0 Å². The number of hydrogen-bond acceptors (Lipinski definition) is 2. The molecule has 0 saturated heterocycles. The first-order chi connectivity index (χ1) is 10.1. The summed E-state index contributed by atoms with van der Waals surface area (Å²) in [4.78, 5) is 22.3. The zero-order chi connectivity index (χ0) is 15.1. The van der Waals surface area contributed by atoms with E-state index in [1.165, 1.54) is 6.08 Å². The van der Waals surface area contributed by atoms with Crippen LogP contribution in [0.2, 0.25) is 0 Å². The molecular weight excluding hydrogens is 266 g/mol. The first-order valence-electron chi connectivity index (χ1n) is 6.48. The standard InChI is InChI=1S/C17H15NO3/c19-16(11-8-13-4-2-1-3-5-13)18-15-9-6-14(7-10-15)12-17(20)21/h1-11H,12H2,(H,18,19)(H,20,21). The van der Waals surface area contributed by atoms with Crippen LogP contribution >= 0.6 is 0 Å². The number of aliphatic carboxylic acids is 1. The Hall–Kier alpha value is -2.88. The molecule has 0 radical (unpaired) electrons. The minimum absolute atomic E-state index is 0.0257. The maximum atomic E-state index is 11.8. The maximum Gasteiger partial charge on any atom is 0.307 e. The molecule has 0 unspecified atom stereocenters. The van der Waals surface area contributed by atoms with Crippen molar-refractivity contribution in [1.82, 2.24) is 0 Å². The third-order valence-corrected chi connectivity index (χ3v) is 2.80. The highest BCUT2D eigenvalue weighted by atomic mass is 16.4. The van der Waals surface area contributed by atoms with E-state index in [0.717, 1.165) is 5.56 Å². The molecule has 0 heterocycles. The molecule has 2 aromatic rings. The summed E-state index contributed by atoms with van der Waals surface area (Å²) in [5.74, 6) is -1.11. The Morgan fingerprint density at radius 1 is 1.00 bits per heavy atom. The minimum Gasteiger partial charge on any atom is -0.481 e. The van der Waals surface area contributed by atoms with Gasteiger partial charge < -0.3 is 10.4 Å². The lowest BCUT2D eigenvalue weighted by Gasteiger charge is -2.03. The van der Waals surface area contributed by atoms with E-state index in [0.29, 0.717) is 11.3 Å². The van der Waals surface area contributed by atoms with Crippen LogP contribution in [-0.2, 0) is 16.0 Å². The second kappa shape index (κ2) is 7.05. The van der Waals surface area contributed by atoms with E-state index < -0.39 is 5.97 Å². The predicted octanol–water partition coefficient (Wildman–Crippen LogP) is 2.97. The molecule has 2 aromatic carbocycles. The molecule has 4 nitrogen and oxygen atoms in total. The summed E-state index contributed by atoms with van der Waals surface area (Å²) >= 11 is 0. The lowest BCUT2D eigenvalue weighted by Crippen LogP contribution is -2.08. The fourth-order valence-corrected chi connectivity index (χ4v) is 1.80. The Balaban J connectivity index is 1.93. The molecular formula is C17H15NO3. The molecule has 0 bridgehead atoms. The summed E-state index contributed by atoms with van der Waals surface area (Å²) in [5, 5.41) is 11.4. The van der Waals surface area contributed by atoms with Crippen LogP contribution in [0.1, 0.15) is 11.1 Å². The highest BCUT2D eigenvalue weighted by Gasteiger charge is 2.01. The summed E-state index contributed by atoms with van der Waals surface area (Å²) in [5.41, 5.74) is 2.27. The summed E-state index contributed by atoms with van der Waals surface area (Å²) in [6.45, 7) is 0. The normalized spacial score (nSPS) is 10.5. The quantitative estimate of drug-likeness (QED) is 0.828. The molecule has 0 spiro atoms. The van der Waals surface area contributed by atoms with E-state index in [4.69, 9.17) is 5.11 Å². The van der Waals surface area contributed by atoms with Crippen molar-refractivity contribution in [2.45, 2.75) is 6.42 Å². The van der Waals surface area contributed by atoms with Crippen molar-refractivity contribution < 1.29 is 14.7 Å². The van der Waals surface area contributed by atoms with E-state index in [2.05, 4.69) is 5.32 Å². The SMILES string of the molecule is O=C(O)Cc1ccc(NC(=O)C=Cc2ccccc2)cc1. The number of carboxylic acid groups (broad SMARTS) is 1. The van der Waals surface area contributed by atoms with Crippen LogP contribution in [0.4, 0.5) is 5.69 Å². The Kier molecular flexibility index (Phi) is 4.88. The number of anilines is 1. The number of carbonyl (C=O) groups excluding carboxylic acids is 1. The largest absolute Gasteiger partial charge is 0.481 e. The number of nitrogens with one attached hydrogen (secondary N) is 1. The molecule has 4 heteroatoms. The van der Waals surface area contributed by atoms with Gasteiger partial charge in [0.15, 0.2) is 0 Å². The van der Waals surface area contributed by atoms with Crippen LogP contribution in [0.25, 0.3) is 6.08 Å². The molecule has 106 valence electrons. The van der Waals surface area contributed by atoms with Crippen molar-refractivity contribution in [1.29, 1.82) is 0 Å². The number of carboxylic acids is 1. The average molecular weight is 281 g/mol. The van der Waals surface area contributed by atoms with Crippen LogP contribution in [0, 0.1) is 0 Å². The molecule has 0 aromatic heterocycles. The molecule has 2 N–H and O–H groups in total. The smallest absolute Gasteiger partial charge is 0.307 e. The van der Waals surface area contributed by atoms with Gasteiger partial charge in [0.05, 0.1) is 6.42 Å². The average Bonchev–Trinajstić information content (AvgIpc) is 2.48. The van der Waals surface area contributed by atoms with E-state index in [-0.39, 0.29) is 12.3 Å². The Bertz CT molecular complexity index is 645. The van der Waals surface area contributed by atoms with Gasteiger partial charge in [0.2, 0.25) is 5.91 Å². The van der Waals surface area contributed by atoms with E-state index in [9.17, 15) is 9.59 Å². The van der Waals surface area contributed by atoms with Crippen molar-refractivity contribution in [3.63, 3.8) is 0 Å². The molecule has 0 aliphatic heterocycles. The zero-order valence-corrected chi connectivity index (χ0v) is 11.3. The van der Waals surface area contributed by atoms with Gasteiger partial charge in [-0.3, -0.25) is 9.59 Å². The summed E-state index contributed by atoms with van der Waals surface area (Å²) in [6.07, 6.45) is 3.16. The monoisotopic (exact) mass is 281 g/mol. The van der Waals surface area contributed by atoms with Crippen molar-refractivity contribution in [3.8, 4) is 0 Å². The van der Waals surface area contributed by atoms with Gasteiger partial charge >= 0.3 is 5.97 Å². The second-order valence-corrected chi connectivity index (χ2v) is 4.50. The van der Waals surface area contributed by atoms with Gasteiger partial charge in [-0.05, 0) is 29.3 Å². The second-order valence-electron chi connectivity index (χ2n) is 4.50. The van der Waals surface area contributed by atoms with Gasteiger partial charge in [-0.2, -0.15) is 0 Å². The van der Waals surface area contributed by atoms with Gasteiger partial charge in [-0.25, -0.2) is 0 Å². The maximum absolute atomic E-state index is 11.8. The van der Waals surface area contributed by atoms with E-state index in [1.807, 2.05) is 30.3 Å². The molecule has 0 atom stereocenters. The fourth-order valence-electron chi connectivity index (χ4n) is 1.80.